The molecule has 134 valence electrons. The van der Waals surface area contributed by atoms with Gasteiger partial charge in [0.05, 0.1) is 0 Å². The number of benzene rings is 1. The first-order valence-electron chi connectivity index (χ1n) is 8.78. The molecular formula is C18H30FN5. The molecule has 1 aromatic carbocycles. The SMILES string of the molecule is CN=C(NCCCN1CCCN(C)CC1)NCc1ccccc1F. The molecule has 0 aromatic heterocycles. The van der Waals surface area contributed by atoms with E-state index in [1.54, 1.807) is 19.2 Å². The lowest BCUT2D eigenvalue weighted by molar-refractivity contribution is 0.274. The lowest BCUT2D eigenvalue weighted by Gasteiger charge is -2.20. The highest BCUT2D eigenvalue weighted by molar-refractivity contribution is 5.79. The zero-order valence-electron chi connectivity index (χ0n) is 14.9. The second-order valence-electron chi connectivity index (χ2n) is 6.30. The van der Waals surface area contributed by atoms with Gasteiger partial charge < -0.3 is 20.4 Å². The van der Waals surface area contributed by atoms with Gasteiger partial charge >= 0.3 is 0 Å². The van der Waals surface area contributed by atoms with E-state index in [0.29, 0.717) is 18.1 Å². The largest absolute Gasteiger partial charge is 0.356 e. The average Bonchev–Trinajstić information content (AvgIpc) is 2.80. The summed E-state index contributed by atoms with van der Waals surface area (Å²) in [7, 11) is 3.93. The zero-order valence-corrected chi connectivity index (χ0v) is 14.9. The molecule has 2 rings (SSSR count). The van der Waals surface area contributed by atoms with Crippen LogP contribution in [0.1, 0.15) is 18.4 Å². The maximum absolute atomic E-state index is 13.6. The Kier molecular flexibility index (Phi) is 7.98. The first kappa shape index (κ1) is 18.7. The summed E-state index contributed by atoms with van der Waals surface area (Å²) < 4.78 is 13.6. The standard InChI is InChI=1S/C18H30FN5/c1-20-18(22-15-16-7-3-4-8-17(16)19)21-9-5-11-24-12-6-10-23(2)13-14-24/h3-4,7-8H,5-6,9-15H2,1-2H3,(H2,20,21,22). The van der Waals surface area contributed by atoms with Gasteiger partial charge in [-0.05, 0) is 45.6 Å². The summed E-state index contributed by atoms with van der Waals surface area (Å²) in [6.45, 7) is 7.08. The quantitative estimate of drug-likeness (QED) is 0.470. The first-order chi connectivity index (χ1) is 11.7. The van der Waals surface area contributed by atoms with Crippen LogP contribution < -0.4 is 10.6 Å². The fourth-order valence-electron chi connectivity index (χ4n) is 2.87. The van der Waals surface area contributed by atoms with Crippen molar-refractivity contribution < 1.29 is 4.39 Å². The fraction of sp³-hybridized carbons (Fsp3) is 0.611. The van der Waals surface area contributed by atoms with Crippen molar-refractivity contribution in [3.8, 4) is 0 Å². The summed E-state index contributed by atoms with van der Waals surface area (Å²) in [5.41, 5.74) is 0.647. The molecule has 1 aliphatic rings. The van der Waals surface area contributed by atoms with Crippen molar-refractivity contribution in [2.75, 3.05) is 53.4 Å². The van der Waals surface area contributed by atoms with Crippen LogP contribution in [0.4, 0.5) is 4.39 Å². The molecule has 1 saturated heterocycles. The van der Waals surface area contributed by atoms with Crippen LogP contribution in [0.25, 0.3) is 0 Å². The fourth-order valence-corrected chi connectivity index (χ4v) is 2.87. The molecule has 0 amide bonds. The van der Waals surface area contributed by atoms with Crippen molar-refractivity contribution in [1.82, 2.24) is 20.4 Å². The second-order valence-corrected chi connectivity index (χ2v) is 6.30. The number of nitrogens with one attached hydrogen (secondary N) is 2. The molecule has 1 fully saturated rings. The van der Waals surface area contributed by atoms with Crippen molar-refractivity contribution in [2.45, 2.75) is 19.4 Å². The summed E-state index contributed by atoms with van der Waals surface area (Å²) >= 11 is 0. The van der Waals surface area contributed by atoms with Gasteiger partial charge in [0, 0.05) is 38.8 Å². The molecule has 0 aliphatic carbocycles. The van der Waals surface area contributed by atoms with E-state index in [9.17, 15) is 4.39 Å². The van der Waals surface area contributed by atoms with Crippen molar-refractivity contribution in [1.29, 1.82) is 0 Å². The highest BCUT2D eigenvalue weighted by Crippen LogP contribution is 2.05. The predicted octanol–water partition coefficient (Wildman–Crippen LogP) is 1.52. The number of guanidine groups is 1. The highest BCUT2D eigenvalue weighted by atomic mass is 19.1. The van der Waals surface area contributed by atoms with Gasteiger partial charge in [-0.15, -0.1) is 0 Å². The lowest BCUT2D eigenvalue weighted by Crippen LogP contribution is -2.38. The maximum Gasteiger partial charge on any atom is 0.191 e. The molecule has 0 spiro atoms. The van der Waals surface area contributed by atoms with E-state index < -0.39 is 0 Å². The van der Waals surface area contributed by atoms with Gasteiger partial charge in [0.25, 0.3) is 0 Å². The average molecular weight is 335 g/mol. The summed E-state index contributed by atoms with van der Waals surface area (Å²) in [5.74, 6) is 0.528. The third-order valence-electron chi connectivity index (χ3n) is 4.38. The van der Waals surface area contributed by atoms with E-state index in [4.69, 9.17) is 0 Å². The topological polar surface area (TPSA) is 42.9 Å². The molecule has 1 aliphatic heterocycles. The van der Waals surface area contributed by atoms with Gasteiger partial charge in [-0.3, -0.25) is 4.99 Å². The molecule has 0 unspecified atom stereocenters. The molecule has 1 aromatic rings. The molecule has 5 nitrogen and oxygen atoms in total. The van der Waals surface area contributed by atoms with Crippen molar-refractivity contribution in [3.05, 3.63) is 35.6 Å². The number of hydrogen-bond donors (Lipinski definition) is 2. The molecular weight excluding hydrogens is 305 g/mol. The van der Waals surface area contributed by atoms with Gasteiger partial charge in [0.2, 0.25) is 0 Å². The Balaban J connectivity index is 1.64. The van der Waals surface area contributed by atoms with E-state index in [0.717, 1.165) is 32.6 Å². The van der Waals surface area contributed by atoms with Gasteiger partial charge in [0.15, 0.2) is 5.96 Å². The molecule has 0 atom stereocenters. The first-order valence-corrected chi connectivity index (χ1v) is 8.78. The Morgan fingerprint density at radius 2 is 2.00 bits per heavy atom. The van der Waals surface area contributed by atoms with Crippen LogP contribution in [0.2, 0.25) is 0 Å². The van der Waals surface area contributed by atoms with Crippen LogP contribution in [0, 0.1) is 5.82 Å². The predicted molar refractivity (Wildman–Crippen MR) is 97.8 cm³/mol. The number of hydrogen-bond acceptors (Lipinski definition) is 3. The van der Waals surface area contributed by atoms with Gasteiger partial charge in [-0.2, -0.15) is 0 Å². The van der Waals surface area contributed by atoms with E-state index in [2.05, 4.69) is 32.5 Å². The third-order valence-corrected chi connectivity index (χ3v) is 4.38. The number of rotatable bonds is 6. The van der Waals surface area contributed by atoms with Crippen LogP contribution in [0.5, 0.6) is 0 Å². The molecule has 0 saturated carbocycles. The Hall–Kier alpha value is -1.66. The third kappa shape index (κ3) is 6.45. The molecule has 0 radical (unpaired) electrons. The molecule has 0 bridgehead atoms. The molecule has 2 N–H and O–H groups in total. The Labute approximate surface area is 144 Å². The Bertz CT molecular complexity index is 520. The number of halogens is 1. The maximum atomic E-state index is 13.6. The Morgan fingerprint density at radius 3 is 2.79 bits per heavy atom. The van der Waals surface area contributed by atoms with Crippen LogP contribution >= 0.6 is 0 Å². The minimum absolute atomic E-state index is 0.188. The van der Waals surface area contributed by atoms with Crippen LogP contribution in [0.3, 0.4) is 0 Å². The van der Waals surface area contributed by atoms with Gasteiger partial charge in [-0.1, -0.05) is 18.2 Å². The molecule has 24 heavy (non-hydrogen) atoms. The van der Waals surface area contributed by atoms with Crippen molar-refractivity contribution in [2.24, 2.45) is 4.99 Å². The number of aliphatic imine (C=N–C) groups is 1. The van der Waals surface area contributed by atoms with Gasteiger partial charge in [0.1, 0.15) is 5.82 Å². The Morgan fingerprint density at radius 1 is 1.17 bits per heavy atom. The van der Waals surface area contributed by atoms with E-state index in [-0.39, 0.29) is 5.82 Å². The summed E-state index contributed by atoms with van der Waals surface area (Å²) in [6.07, 6.45) is 2.32. The van der Waals surface area contributed by atoms with E-state index in [1.165, 1.54) is 25.6 Å². The second kappa shape index (κ2) is 10.3. The van der Waals surface area contributed by atoms with Crippen LogP contribution in [-0.2, 0) is 6.54 Å². The van der Waals surface area contributed by atoms with Crippen molar-refractivity contribution >= 4 is 5.96 Å². The van der Waals surface area contributed by atoms with Crippen molar-refractivity contribution in [3.63, 3.8) is 0 Å². The molecule has 1 heterocycles. The number of nitrogens with zero attached hydrogens (tertiary/aromatic N) is 3. The number of likely N-dealkylation sites (N-methyl/N-ethyl adjacent to an activating group) is 1. The zero-order chi connectivity index (χ0) is 17.2. The lowest BCUT2D eigenvalue weighted by atomic mass is 10.2. The highest BCUT2D eigenvalue weighted by Gasteiger charge is 2.11. The minimum atomic E-state index is -0.188. The minimum Gasteiger partial charge on any atom is -0.356 e. The van der Waals surface area contributed by atoms with Crippen LogP contribution in [-0.4, -0.2) is 69.1 Å². The molecule has 6 heteroatoms. The summed E-state index contributed by atoms with van der Waals surface area (Å²) in [5, 5.41) is 6.46. The smallest absolute Gasteiger partial charge is 0.191 e. The summed E-state index contributed by atoms with van der Waals surface area (Å²) in [6, 6.07) is 6.80. The monoisotopic (exact) mass is 335 g/mol. The van der Waals surface area contributed by atoms with Crippen LogP contribution in [0.15, 0.2) is 29.3 Å². The van der Waals surface area contributed by atoms with Gasteiger partial charge in [-0.25, -0.2) is 4.39 Å². The normalized spacial score (nSPS) is 17.5. The summed E-state index contributed by atoms with van der Waals surface area (Å²) in [4.78, 5) is 9.12. The van der Waals surface area contributed by atoms with E-state index in [1.807, 2.05) is 6.07 Å². The van der Waals surface area contributed by atoms with E-state index >= 15 is 0 Å².